The molecule has 0 radical (unpaired) electrons. The van der Waals surface area contributed by atoms with E-state index in [1.165, 1.54) is 17.1 Å². The SMILES string of the molecule is CCc1cc(CNCC(C)CSC)n(C)n1. The quantitative estimate of drug-likeness (QED) is 0.792. The molecule has 0 saturated heterocycles. The van der Waals surface area contributed by atoms with Crippen LogP contribution in [0.1, 0.15) is 25.2 Å². The predicted octanol–water partition coefficient (Wildman–Crippen LogP) is 2.07. The molecule has 1 rings (SSSR count). The van der Waals surface area contributed by atoms with Gasteiger partial charge >= 0.3 is 0 Å². The highest BCUT2D eigenvalue weighted by molar-refractivity contribution is 7.98. The zero-order chi connectivity index (χ0) is 12.0. The van der Waals surface area contributed by atoms with E-state index in [4.69, 9.17) is 0 Å². The molecule has 0 aliphatic heterocycles. The third kappa shape index (κ3) is 4.18. The fraction of sp³-hybridized carbons (Fsp3) is 0.750. The van der Waals surface area contributed by atoms with Gasteiger partial charge in [0.1, 0.15) is 0 Å². The number of hydrogen-bond acceptors (Lipinski definition) is 3. The maximum absolute atomic E-state index is 4.44. The number of thioether (sulfide) groups is 1. The molecule has 0 spiro atoms. The third-order valence-electron chi connectivity index (χ3n) is 2.64. The van der Waals surface area contributed by atoms with Gasteiger partial charge in [-0.05, 0) is 37.0 Å². The number of hydrogen-bond donors (Lipinski definition) is 1. The fourth-order valence-electron chi connectivity index (χ4n) is 1.70. The Bertz CT molecular complexity index is 309. The maximum atomic E-state index is 4.44. The van der Waals surface area contributed by atoms with Crippen molar-refractivity contribution >= 4 is 11.8 Å². The summed E-state index contributed by atoms with van der Waals surface area (Å²) >= 11 is 1.91. The lowest BCUT2D eigenvalue weighted by atomic mass is 10.2. The first-order valence-electron chi connectivity index (χ1n) is 5.88. The molecule has 0 saturated carbocycles. The second kappa shape index (κ2) is 6.97. The Morgan fingerprint density at radius 3 is 2.88 bits per heavy atom. The van der Waals surface area contributed by atoms with Gasteiger partial charge in [-0.2, -0.15) is 16.9 Å². The lowest BCUT2D eigenvalue weighted by Gasteiger charge is -2.10. The lowest BCUT2D eigenvalue weighted by molar-refractivity contribution is 0.542. The van der Waals surface area contributed by atoms with Crippen LogP contribution in [0.15, 0.2) is 6.07 Å². The zero-order valence-electron chi connectivity index (χ0n) is 10.8. The monoisotopic (exact) mass is 241 g/mol. The van der Waals surface area contributed by atoms with Crippen LogP contribution in [0.2, 0.25) is 0 Å². The minimum Gasteiger partial charge on any atom is -0.311 e. The Labute approximate surface area is 103 Å². The van der Waals surface area contributed by atoms with E-state index in [0.717, 1.165) is 25.4 Å². The summed E-state index contributed by atoms with van der Waals surface area (Å²) in [6.07, 6.45) is 3.17. The van der Waals surface area contributed by atoms with Crippen LogP contribution in [0, 0.1) is 5.92 Å². The number of rotatable bonds is 7. The summed E-state index contributed by atoms with van der Waals surface area (Å²) in [7, 11) is 2.02. The van der Waals surface area contributed by atoms with Gasteiger partial charge in [0.15, 0.2) is 0 Å². The molecule has 0 fully saturated rings. The van der Waals surface area contributed by atoms with E-state index >= 15 is 0 Å². The van der Waals surface area contributed by atoms with Crippen molar-refractivity contribution in [2.75, 3.05) is 18.6 Å². The van der Waals surface area contributed by atoms with E-state index in [0.29, 0.717) is 0 Å². The van der Waals surface area contributed by atoms with Crippen LogP contribution in [0.4, 0.5) is 0 Å². The van der Waals surface area contributed by atoms with Gasteiger partial charge < -0.3 is 5.32 Å². The second-order valence-electron chi connectivity index (χ2n) is 4.30. The molecule has 16 heavy (non-hydrogen) atoms. The summed E-state index contributed by atoms with van der Waals surface area (Å²) < 4.78 is 1.98. The van der Waals surface area contributed by atoms with Gasteiger partial charge in [-0.25, -0.2) is 0 Å². The average molecular weight is 241 g/mol. The highest BCUT2D eigenvalue weighted by atomic mass is 32.2. The standard InChI is InChI=1S/C12H23N3S/c1-5-11-6-12(15(3)14-11)8-13-7-10(2)9-16-4/h6,10,13H,5,7-9H2,1-4H3. The van der Waals surface area contributed by atoms with E-state index in [9.17, 15) is 0 Å². The Hall–Kier alpha value is -0.480. The molecule has 1 heterocycles. The molecule has 4 heteroatoms. The van der Waals surface area contributed by atoms with Crippen molar-refractivity contribution in [2.24, 2.45) is 13.0 Å². The summed E-state index contributed by atoms with van der Waals surface area (Å²) in [5.74, 6) is 1.95. The van der Waals surface area contributed by atoms with Crippen LogP contribution >= 0.6 is 11.8 Å². The molecule has 0 aliphatic carbocycles. The van der Waals surface area contributed by atoms with Crippen molar-refractivity contribution in [2.45, 2.75) is 26.8 Å². The molecule has 1 N–H and O–H groups in total. The normalized spacial score (nSPS) is 13.0. The van der Waals surface area contributed by atoms with Gasteiger partial charge in [-0.1, -0.05) is 13.8 Å². The number of nitrogens with zero attached hydrogens (tertiary/aromatic N) is 2. The molecule has 0 aromatic carbocycles. The fourth-order valence-corrected chi connectivity index (χ4v) is 2.39. The van der Waals surface area contributed by atoms with E-state index in [2.05, 4.69) is 36.6 Å². The zero-order valence-corrected chi connectivity index (χ0v) is 11.6. The first-order chi connectivity index (χ1) is 7.67. The molecule has 3 nitrogen and oxygen atoms in total. The smallest absolute Gasteiger partial charge is 0.0625 e. The Balaban J connectivity index is 2.33. The molecule has 92 valence electrons. The molecular formula is C12H23N3S. The van der Waals surface area contributed by atoms with Crippen LogP contribution < -0.4 is 5.32 Å². The van der Waals surface area contributed by atoms with Gasteiger partial charge in [0, 0.05) is 13.6 Å². The van der Waals surface area contributed by atoms with Gasteiger partial charge in [-0.15, -0.1) is 0 Å². The molecule has 1 atom stereocenters. The topological polar surface area (TPSA) is 29.9 Å². The van der Waals surface area contributed by atoms with Gasteiger partial charge in [-0.3, -0.25) is 4.68 Å². The highest BCUT2D eigenvalue weighted by Crippen LogP contribution is 2.05. The Kier molecular flexibility index (Phi) is 5.91. The predicted molar refractivity (Wildman–Crippen MR) is 71.8 cm³/mol. The van der Waals surface area contributed by atoms with Crippen molar-refractivity contribution in [1.82, 2.24) is 15.1 Å². The largest absolute Gasteiger partial charge is 0.311 e. The van der Waals surface area contributed by atoms with Gasteiger partial charge in [0.2, 0.25) is 0 Å². The van der Waals surface area contributed by atoms with E-state index in [-0.39, 0.29) is 0 Å². The van der Waals surface area contributed by atoms with Crippen molar-refractivity contribution < 1.29 is 0 Å². The molecule has 1 aromatic heterocycles. The Morgan fingerprint density at radius 1 is 1.56 bits per heavy atom. The van der Waals surface area contributed by atoms with Crippen LogP contribution in [0.3, 0.4) is 0 Å². The van der Waals surface area contributed by atoms with E-state index in [1.807, 2.05) is 23.5 Å². The molecule has 0 bridgehead atoms. The number of nitrogens with one attached hydrogen (secondary N) is 1. The number of aryl methyl sites for hydroxylation is 2. The summed E-state index contributed by atoms with van der Waals surface area (Å²) in [6, 6.07) is 2.19. The van der Waals surface area contributed by atoms with Crippen molar-refractivity contribution in [3.05, 3.63) is 17.5 Å². The molecule has 1 aromatic rings. The second-order valence-corrected chi connectivity index (χ2v) is 5.21. The van der Waals surface area contributed by atoms with Crippen LogP contribution in [0.5, 0.6) is 0 Å². The first-order valence-corrected chi connectivity index (χ1v) is 7.28. The van der Waals surface area contributed by atoms with Crippen LogP contribution in [-0.2, 0) is 20.0 Å². The number of aromatic nitrogens is 2. The lowest BCUT2D eigenvalue weighted by Crippen LogP contribution is -2.23. The summed E-state index contributed by atoms with van der Waals surface area (Å²) in [6.45, 7) is 6.42. The van der Waals surface area contributed by atoms with Crippen molar-refractivity contribution in [1.29, 1.82) is 0 Å². The van der Waals surface area contributed by atoms with E-state index in [1.54, 1.807) is 0 Å². The molecule has 0 amide bonds. The minimum absolute atomic E-state index is 0.730. The average Bonchev–Trinajstić information content (AvgIpc) is 2.60. The third-order valence-corrected chi connectivity index (χ3v) is 3.54. The maximum Gasteiger partial charge on any atom is 0.0625 e. The molecular weight excluding hydrogens is 218 g/mol. The summed E-state index contributed by atoms with van der Waals surface area (Å²) in [5, 5.41) is 7.93. The molecule has 1 unspecified atom stereocenters. The molecule has 0 aliphatic rings. The first kappa shape index (κ1) is 13.6. The minimum atomic E-state index is 0.730. The van der Waals surface area contributed by atoms with E-state index < -0.39 is 0 Å². The van der Waals surface area contributed by atoms with Crippen molar-refractivity contribution in [3.8, 4) is 0 Å². The summed E-state index contributed by atoms with van der Waals surface area (Å²) in [5.41, 5.74) is 2.45. The van der Waals surface area contributed by atoms with Crippen molar-refractivity contribution in [3.63, 3.8) is 0 Å². The van der Waals surface area contributed by atoms with Gasteiger partial charge in [0.05, 0.1) is 11.4 Å². The van der Waals surface area contributed by atoms with Gasteiger partial charge in [0.25, 0.3) is 0 Å². The van der Waals surface area contributed by atoms with Crippen LogP contribution in [0.25, 0.3) is 0 Å². The van der Waals surface area contributed by atoms with Crippen LogP contribution in [-0.4, -0.2) is 28.3 Å². The Morgan fingerprint density at radius 2 is 2.31 bits per heavy atom. The highest BCUT2D eigenvalue weighted by Gasteiger charge is 2.04. The summed E-state index contributed by atoms with van der Waals surface area (Å²) in [4.78, 5) is 0.